The maximum absolute atomic E-state index is 12.9. The number of H-pyrrole nitrogens is 1. The highest BCUT2D eigenvalue weighted by Crippen LogP contribution is 2.42. The summed E-state index contributed by atoms with van der Waals surface area (Å²) in [6, 6.07) is 13.6. The molecule has 6 nitrogen and oxygen atoms in total. The first-order valence-electron chi connectivity index (χ1n) is 11.3. The number of hydrogen-bond acceptors (Lipinski definition) is 4. The molecule has 2 fully saturated rings. The van der Waals surface area contributed by atoms with E-state index < -0.39 is 6.36 Å². The molecule has 2 saturated heterocycles. The molecule has 3 heterocycles. The van der Waals surface area contributed by atoms with Gasteiger partial charge in [0.1, 0.15) is 5.75 Å². The van der Waals surface area contributed by atoms with Crippen molar-refractivity contribution < 1.29 is 22.7 Å². The molecule has 0 aliphatic carbocycles. The van der Waals surface area contributed by atoms with Gasteiger partial charge in [0.05, 0.1) is 6.20 Å². The maximum Gasteiger partial charge on any atom is 0.573 e. The van der Waals surface area contributed by atoms with Gasteiger partial charge in [-0.3, -0.25) is 9.89 Å². The first-order chi connectivity index (χ1) is 16.3. The first kappa shape index (κ1) is 22.3. The molecule has 1 N–H and O–H groups in total. The SMILES string of the molecule is O=C(c1ccc(OC(F)(F)F)cc1)N1CCC2(CC1)CCN(c1ccc(-c3cn[nH]c3)cc1)C2. The summed E-state index contributed by atoms with van der Waals surface area (Å²) in [5.41, 5.74) is 3.94. The van der Waals surface area contributed by atoms with Crippen molar-refractivity contribution in [1.29, 1.82) is 0 Å². The minimum atomic E-state index is -4.75. The van der Waals surface area contributed by atoms with E-state index in [9.17, 15) is 18.0 Å². The number of aromatic amines is 1. The van der Waals surface area contributed by atoms with E-state index in [0.29, 0.717) is 18.7 Å². The number of likely N-dealkylation sites (tertiary alicyclic amines) is 1. The van der Waals surface area contributed by atoms with Crippen molar-refractivity contribution in [3.05, 3.63) is 66.5 Å². The maximum atomic E-state index is 12.9. The lowest BCUT2D eigenvalue weighted by Gasteiger charge is -2.39. The third-order valence-electron chi connectivity index (χ3n) is 6.95. The number of hydrogen-bond donors (Lipinski definition) is 1. The number of amides is 1. The van der Waals surface area contributed by atoms with Crippen LogP contribution in [0, 0.1) is 5.41 Å². The van der Waals surface area contributed by atoms with Crippen LogP contribution in [0.3, 0.4) is 0 Å². The molecule has 0 unspecified atom stereocenters. The van der Waals surface area contributed by atoms with Crippen LogP contribution in [0.4, 0.5) is 18.9 Å². The van der Waals surface area contributed by atoms with Crippen LogP contribution in [0.1, 0.15) is 29.6 Å². The van der Waals surface area contributed by atoms with Crippen molar-refractivity contribution in [2.45, 2.75) is 25.6 Å². The van der Waals surface area contributed by atoms with Crippen molar-refractivity contribution >= 4 is 11.6 Å². The highest BCUT2D eigenvalue weighted by atomic mass is 19.4. The summed E-state index contributed by atoms with van der Waals surface area (Å²) in [6.45, 7) is 3.24. The fourth-order valence-electron chi connectivity index (χ4n) is 5.00. The van der Waals surface area contributed by atoms with Crippen LogP contribution >= 0.6 is 0 Å². The van der Waals surface area contributed by atoms with Gasteiger partial charge in [0, 0.05) is 49.2 Å². The number of aromatic nitrogens is 2. The summed E-state index contributed by atoms with van der Waals surface area (Å²) in [4.78, 5) is 17.1. The van der Waals surface area contributed by atoms with E-state index in [1.54, 1.807) is 11.1 Å². The minimum Gasteiger partial charge on any atom is -0.406 e. The number of carbonyl (C=O) groups is 1. The van der Waals surface area contributed by atoms with Gasteiger partial charge in [0.2, 0.25) is 0 Å². The van der Waals surface area contributed by atoms with Gasteiger partial charge in [-0.2, -0.15) is 5.10 Å². The quantitative estimate of drug-likeness (QED) is 0.576. The summed E-state index contributed by atoms with van der Waals surface area (Å²) in [6.07, 6.45) is 1.85. The Balaban J connectivity index is 1.17. The second-order valence-electron chi connectivity index (χ2n) is 9.07. The summed E-state index contributed by atoms with van der Waals surface area (Å²) < 4.78 is 40.9. The van der Waals surface area contributed by atoms with Gasteiger partial charge in [0.25, 0.3) is 5.91 Å². The van der Waals surface area contributed by atoms with Crippen LogP contribution in [0.5, 0.6) is 5.75 Å². The monoisotopic (exact) mass is 470 g/mol. The summed E-state index contributed by atoms with van der Waals surface area (Å²) in [5.74, 6) is -0.483. The van der Waals surface area contributed by atoms with E-state index in [0.717, 1.165) is 43.5 Å². The van der Waals surface area contributed by atoms with Gasteiger partial charge in [-0.1, -0.05) is 12.1 Å². The predicted octanol–water partition coefficient (Wildman–Crippen LogP) is 5.11. The smallest absolute Gasteiger partial charge is 0.406 e. The van der Waals surface area contributed by atoms with Crippen molar-refractivity contribution in [3.8, 4) is 16.9 Å². The van der Waals surface area contributed by atoms with Crippen LogP contribution in [0.25, 0.3) is 11.1 Å². The molecule has 0 radical (unpaired) electrons. The van der Waals surface area contributed by atoms with Crippen molar-refractivity contribution in [3.63, 3.8) is 0 Å². The topological polar surface area (TPSA) is 61.5 Å². The molecule has 2 aliphatic rings. The van der Waals surface area contributed by atoms with Crippen LogP contribution in [-0.2, 0) is 0 Å². The molecule has 2 aromatic carbocycles. The second-order valence-corrected chi connectivity index (χ2v) is 9.07. The molecule has 1 spiro atoms. The number of nitrogens with zero attached hydrogens (tertiary/aromatic N) is 3. The van der Waals surface area contributed by atoms with Crippen LogP contribution in [0.2, 0.25) is 0 Å². The van der Waals surface area contributed by atoms with Crippen LogP contribution < -0.4 is 9.64 Å². The summed E-state index contributed by atoms with van der Waals surface area (Å²) in [7, 11) is 0. The molecule has 9 heteroatoms. The van der Waals surface area contributed by atoms with Gasteiger partial charge in [-0.25, -0.2) is 0 Å². The first-order valence-corrected chi connectivity index (χ1v) is 11.3. The fourth-order valence-corrected chi connectivity index (χ4v) is 5.00. The number of piperidine rings is 1. The Morgan fingerprint density at radius 3 is 2.24 bits per heavy atom. The lowest BCUT2D eigenvalue weighted by molar-refractivity contribution is -0.274. The van der Waals surface area contributed by atoms with Gasteiger partial charge in [-0.15, -0.1) is 13.2 Å². The molecule has 2 aliphatic heterocycles. The molecule has 0 saturated carbocycles. The zero-order chi connectivity index (χ0) is 23.8. The molecular weight excluding hydrogens is 445 g/mol. The van der Waals surface area contributed by atoms with E-state index in [2.05, 4.69) is 44.1 Å². The number of benzene rings is 2. The highest BCUT2D eigenvalue weighted by Gasteiger charge is 2.41. The average Bonchev–Trinajstić information content (AvgIpc) is 3.50. The number of alkyl halides is 3. The Morgan fingerprint density at radius 2 is 1.62 bits per heavy atom. The number of anilines is 1. The normalized spacial score (nSPS) is 17.9. The molecule has 1 amide bonds. The third-order valence-corrected chi connectivity index (χ3v) is 6.95. The molecule has 34 heavy (non-hydrogen) atoms. The van der Waals surface area contributed by atoms with Crippen LogP contribution in [-0.4, -0.2) is 53.5 Å². The Morgan fingerprint density at radius 1 is 0.941 bits per heavy atom. The van der Waals surface area contributed by atoms with E-state index in [1.165, 1.54) is 30.0 Å². The zero-order valence-corrected chi connectivity index (χ0v) is 18.5. The zero-order valence-electron chi connectivity index (χ0n) is 18.5. The van der Waals surface area contributed by atoms with Gasteiger partial charge in [0.15, 0.2) is 0 Å². The third kappa shape index (κ3) is 4.73. The largest absolute Gasteiger partial charge is 0.573 e. The van der Waals surface area contributed by atoms with E-state index >= 15 is 0 Å². The Bertz CT molecular complexity index is 1120. The molecule has 3 aromatic rings. The predicted molar refractivity (Wildman–Crippen MR) is 122 cm³/mol. The molecule has 0 bridgehead atoms. The number of halogens is 3. The lowest BCUT2D eigenvalue weighted by Crippen LogP contribution is -2.44. The fraction of sp³-hybridized carbons (Fsp3) is 0.360. The Kier molecular flexibility index (Phi) is 5.71. The highest BCUT2D eigenvalue weighted by molar-refractivity contribution is 5.94. The molecule has 1 aromatic heterocycles. The van der Waals surface area contributed by atoms with Crippen molar-refractivity contribution in [1.82, 2.24) is 15.1 Å². The second kappa shape index (κ2) is 8.70. The number of rotatable bonds is 4. The van der Waals surface area contributed by atoms with Gasteiger partial charge < -0.3 is 14.5 Å². The number of nitrogens with one attached hydrogen (secondary N) is 1. The lowest BCUT2D eigenvalue weighted by atomic mass is 9.77. The van der Waals surface area contributed by atoms with E-state index in [4.69, 9.17) is 0 Å². The molecule has 5 rings (SSSR count). The molecular formula is C25H25F3N4O2. The van der Waals surface area contributed by atoms with Crippen LogP contribution in [0.15, 0.2) is 60.9 Å². The average molecular weight is 470 g/mol. The molecule has 0 atom stereocenters. The molecule has 178 valence electrons. The van der Waals surface area contributed by atoms with E-state index in [-0.39, 0.29) is 17.1 Å². The number of ether oxygens (including phenoxy) is 1. The van der Waals surface area contributed by atoms with Gasteiger partial charge >= 0.3 is 6.36 Å². The summed E-state index contributed by atoms with van der Waals surface area (Å²) in [5, 5.41) is 6.83. The van der Waals surface area contributed by atoms with Crippen molar-refractivity contribution in [2.24, 2.45) is 5.41 Å². The minimum absolute atomic E-state index is 0.155. The standard InChI is InChI=1S/C25H25F3N4O2/c26-25(27,28)34-22-7-3-19(4-8-22)23(33)31-12-9-24(10-13-31)11-14-32(17-24)21-5-1-18(2-6-21)20-15-29-30-16-20/h1-8,15-16H,9-14,17H2,(H,29,30). The van der Waals surface area contributed by atoms with Gasteiger partial charge in [-0.05, 0) is 66.6 Å². The van der Waals surface area contributed by atoms with Crippen molar-refractivity contribution in [2.75, 3.05) is 31.1 Å². The van der Waals surface area contributed by atoms with E-state index in [1.807, 2.05) is 6.20 Å². The Hall–Kier alpha value is -3.49. The Labute approximate surface area is 195 Å². The number of carbonyl (C=O) groups excluding carboxylic acids is 1. The summed E-state index contributed by atoms with van der Waals surface area (Å²) >= 11 is 0.